The molecule has 0 aliphatic carbocycles. The molecule has 0 radical (unpaired) electrons. The van der Waals surface area contributed by atoms with Crippen molar-refractivity contribution in [2.75, 3.05) is 39.3 Å². The Hall–Kier alpha value is -3.14. The highest BCUT2D eigenvalue weighted by Gasteiger charge is 2.23. The summed E-state index contributed by atoms with van der Waals surface area (Å²) in [5, 5.41) is 20.5. The maximum Gasteiger partial charge on any atom is 0.252 e. The number of aromatic nitrogens is 1. The van der Waals surface area contributed by atoms with E-state index in [4.69, 9.17) is 5.11 Å². The number of rotatable bonds is 12. The Balaban J connectivity index is 0.000000721. The maximum atomic E-state index is 13.3. The molecule has 47 heavy (non-hydrogen) atoms. The highest BCUT2D eigenvalue weighted by molar-refractivity contribution is 5.94. The largest absolute Gasteiger partial charge is 0.506 e. The summed E-state index contributed by atoms with van der Waals surface area (Å²) in [5.41, 5.74) is 4.11. The number of aryl methyl sites for hydroxylation is 1. The standard InChI is InChI=1S/C18H28F2N2.C9H12N2O2.C9H16O.C2H6/c1-3-9-22(10-4-2)16-7-11-21(12-8-16)14-15-5-6-17(19)18(20)13-15;1-3-10-9(13)7-4-8(12)6(2)11-5-7;1-4-8(2)5-6-9(3)7-10;1-2/h5-6,13,16H,3-4,7-12,14H2,1-2H3;4-5,12H,3H2,1-2H3,(H,10,13);5-6,10H,4,7H2,1-3H3;1-2H3/b;;8-5-,9-6-;. The molecule has 1 aromatic heterocycles. The summed E-state index contributed by atoms with van der Waals surface area (Å²) in [7, 11) is 0. The van der Waals surface area contributed by atoms with E-state index < -0.39 is 11.6 Å². The second-order valence-corrected chi connectivity index (χ2v) is 11.5. The van der Waals surface area contributed by atoms with Crippen molar-refractivity contribution in [1.82, 2.24) is 20.1 Å². The van der Waals surface area contributed by atoms with E-state index in [0.29, 0.717) is 30.4 Å². The van der Waals surface area contributed by atoms with Crippen molar-refractivity contribution in [1.29, 1.82) is 0 Å². The molecular weight excluding hydrogens is 598 g/mol. The van der Waals surface area contributed by atoms with E-state index in [0.717, 1.165) is 30.6 Å². The number of hydrogen-bond donors (Lipinski definition) is 3. The molecule has 1 fully saturated rings. The van der Waals surface area contributed by atoms with Crippen LogP contribution in [-0.4, -0.2) is 76.3 Å². The van der Waals surface area contributed by atoms with Crippen LogP contribution in [-0.2, 0) is 6.54 Å². The summed E-state index contributed by atoms with van der Waals surface area (Å²) in [5.74, 6) is -1.68. The minimum Gasteiger partial charge on any atom is -0.506 e. The lowest BCUT2D eigenvalue weighted by atomic mass is 10.0. The number of benzene rings is 1. The third kappa shape index (κ3) is 18.1. The number of aromatic hydroxyl groups is 1. The predicted octanol–water partition coefficient (Wildman–Crippen LogP) is 8.20. The maximum absolute atomic E-state index is 13.3. The first-order valence-electron chi connectivity index (χ1n) is 17.3. The molecule has 1 aliphatic heterocycles. The van der Waals surface area contributed by atoms with Gasteiger partial charge < -0.3 is 20.4 Å². The van der Waals surface area contributed by atoms with Gasteiger partial charge in [-0.3, -0.25) is 14.7 Å². The van der Waals surface area contributed by atoms with Crippen LogP contribution in [0.3, 0.4) is 0 Å². The first-order chi connectivity index (χ1) is 22.5. The molecule has 1 aliphatic rings. The molecule has 2 heterocycles. The van der Waals surface area contributed by atoms with Crippen molar-refractivity contribution in [2.45, 2.75) is 107 Å². The summed E-state index contributed by atoms with van der Waals surface area (Å²) in [6.45, 7) is 24.0. The number of likely N-dealkylation sites (tertiary alicyclic amines) is 1. The second-order valence-electron chi connectivity index (χ2n) is 11.5. The molecule has 1 aromatic carbocycles. The zero-order chi connectivity index (χ0) is 35.8. The van der Waals surface area contributed by atoms with Crippen LogP contribution in [0.15, 0.2) is 53.8 Å². The molecule has 3 rings (SSSR count). The fourth-order valence-corrected chi connectivity index (χ4v) is 4.75. The number of carbonyl (C=O) groups excluding carboxylic acids is 1. The van der Waals surface area contributed by atoms with Crippen LogP contribution < -0.4 is 5.32 Å². The normalized spacial score (nSPS) is 13.9. The van der Waals surface area contributed by atoms with E-state index in [9.17, 15) is 18.7 Å². The number of hydrogen-bond acceptors (Lipinski definition) is 6. The van der Waals surface area contributed by atoms with Crippen molar-refractivity contribution < 1.29 is 23.8 Å². The van der Waals surface area contributed by atoms with Crippen LogP contribution in [0.5, 0.6) is 5.75 Å². The molecule has 266 valence electrons. The SMILES string of the molecule is CC.CC/C(C)=C\C=C(\C)CO.CCCN(CCC)C1CCN(Cc2ccc(F)c(F)c2)CC1.CCNC(=O)c1cnc(C)c(O)c1. The smallest absolute Gasteiger partial charge is 0.252 e. The molecule has 0 bridgehead atoms. The minimum atomic E-state index is -0.766. The molecule has 0 unspecified atom stereocenters. The highest BCUT2D eigenvalue weighted by atomic mass is 19.2. The Morgan fingerprint density at radius 3 is 2.09 bits per heavy atom. The second kappa shape index (κ2) is 25.9. The fourth-order valence-electron chi connectivity index (χ4n) is 4.75. The monoisotopic (exact) mass is 660 g/mol. The van der Waals surface area contributed by atoms with Crippen molar-refractivity contribution in [3.05, 3.63) is 82.2 Å². The highest BCUT2D eigenvalue weighted by Crippen LogP contribution is 2.20. The lowest BCUT2D eigenvalue weighted by Crippen LogP contribution is -2.45. The van der Waals surface area contributed by atoms with Gasteiger partial charge in [0.2, 0.25) is 0 Å². The Bertz CT molecular complexity index is 1190. The number of aliphatic hydroxyl groups excluding tert-OH is 1. The van der Waals surface area contributed by atoms with Gasteiger partial charge in [0.05, 0.1) is 17.9 Å². The number of nitrogens with zero attached hydrogens (tertiary/aromatic N) is 3. The third-order valence-corrected chi connectivity index (χ3v) is 7.60. The summed E-state index contributed by atoms with van der Waals surface area (Å²) >= 11 is 0. The zero-order valence-corrected chi connectivity index (χ0v) is 30.5. The predicted molar refractivity (Wildman–Crippen MR) is 192 cm³/mol. The number of carbonyl (C=O) groups is 1. The van der Waals surface area contributed by atoms with Crippen LogP contribution in [0.25, 0.3) is 0 Å². The van der Waals surface area contributed by atoms with Gasteiger partial charge in [0, 0.05) is 25.3 Å². The average Bonchev–Trinajstić information content (AvgIpc) is 3.08. The molecule has 0 saturated carbocycles. The summed E-state index contributed by atoms with van der Waals surface area (Å²) in [6.07, 6.45) is 11.3. The van der Waals surface area contributed by atoms with Crippen LogP contribution in [0.1, 0.15) is 109 Å². The molecule has 7 nitrogen and oxygen atoms in total. The van der Waals surface area contributed by atoms with E-state index in [2.05, 4.69) is 47.8 Å². The van der Waals surface area contributed by atoms with Crippen molar-refractivity contribution >= 4 is 5.91 Å². The molecule has 0 spiro atoms. The van der Waals surface area contributed by atoms with Gasteiger partial charge in [-0.2, -0.15) is 0 Å². The number of nitrogens with one attached hydrogen (secondary N) is 1. The van der Waals surface area contributed by atoms with Crippen LogP contribution >= 0.6 is 0 Å². The molecule has 9 heteroatoms. The third-order valence-electron chi connectivity index (χ3n) is 7.60. The van der Waals surface area contributed by atoms with Crippen LogP contribution in [0.2, 0.25) is 0 Å². The summed E-state index contributed by atoms with van der Waals surface area (Å²) < 4.78 is 26.2. The quantitative estimate of drug-likeness (QED) is 0.199. The van der Waals surface area contributed by atoms with Gasteiger partial charge >= 0.3 is 0 Å². The van der Waals surface area contributed by atoms with Crippen LogP contribution in [0, 0.1) is 18.6 Å². The number of allylic oxidation sites excluding steroid dienone is 3. The number of amides is 1. The topological polar surface area (TPSA) is 88.9 Å². The van der Waals surface area contributed by atoms with Gasteiger partial charge in [0.15, 0.2) is 11.6 Å². The van der Waals surface area contributed by atoms with Gasteiger partial charge in [-0.25, -0.2) is 8.78 Å². The number of pyridine rings is 1. The van der Waals surface area contributed by atoms with E-state index in [1.165, 1.54) is 68.7 Å². The molecule has 0 atom stereocenters. The zero-order valence-electron chi connectivity index (χ0n) is 30.5. The van der Waals surface area contributed by atoms with Gasteiger partial charge in [-0.15, -0.1) is 0 Å². The molecule has 2 aromatic rings. The van der Waals surface area contributed by atoms with Gasteiger partial charge in [0.25, 0.3) is 5.91 Å². The first-order valence-corrected chi connectivity index (χ1v) is 17.3. The Morgan fingerprint density at radius 2 is 1.60 bits per heavy atom. The number of halogens is 2. The van der Waals surface area contributed by atoms with E-state index in [1.54, 1.807) is 13.0 Å². The summed E-state index contributed by atoms with van der Waals surface area (Å²) in [4.78, 5) is 20.1. The average molecular weight is 661 g/mol. The molecule has 1 saturated heterocycles. The van der Waals surface area contributed by atoms with Crippen LogP contribution in [0.4, 0.5) is 8.78 Å². The van der Waals surface area contributed by atoms with E-state index in [-0.39, 0.29) is 18.3 Å². The van der Waals surface area contributed by atoms with Gasteiger partial charge in [0.1, 0.15) is 5.75 Å². The first kappa shape index (κ1) is 43.9. The Morgan fingerprint density at radius 1 is 1.00 bits per heavy atom. The fraction of sp³-hybridized carbons (Fsp3) is 0.579. The Kier molecular flexibility index (Phi) is 24.2. The van der Waals surface area contributed by atoms with Gasteiger partial charge in [-0.1, -0.05) is 58.4 Å². The summed E-state index contributed by atoms with van der Waals surface area (Å²) in [6, 6.07) is 6.32. The van der Waals surface area contributed by atoms with Crippen molar-refractivity contribution in [3.63, 3.8) is 0 Å². The Labute approximate surface area is 283 Å². The van der Waals surface area contributed by atoms with Crippen molar-refractivity contribution in [2.24, 2.45) is 0 Å². The lowest BCUT2D eigenvalue weighted by molar-refractivity contribution is 0.0955. The van der Waals surface area contributed by atoms with E-state index in [1.807, 2.05) is 39.8 Å². The van der Waals surface area contributed by atoms with Gasteiger partial charge in [-0.05, 0) is 115 Å². The van der Waals surface area contributed by atoms with Crippen molar-refractivity contribution in [3.8, 4) is 5.75 Å². The molecular formula is C38H62F2N4O3. The number of aliphatic hydroxyl groups is 1. The minimum absolute atomic E-state index is 0.0451. The number of piperidine rings is 1. The molecule has 1 amide bonds. The lowest BCUT2D eigenvalue weighted by Gasteiger charge is -2.38. The molecule has 3 N–H and O–H groups in total. The van der Waals surface area contributed by atoms with E-state index >= 15 is 0 Å².